The second kappa shape index (κ2) is 4.85. The largest absolute Gasteiger partial charge is 0.354 e. The minimum Gasteiger partial charge on any atom is -0.354 e. The molecule has 1 aromatic carbocycles. The van der Waals surface area contributed by atoms with Crippen LogP contribution in [0.15, 0.2) is 41.0 Å². The highest BCUT2D eigenvalue weighted by Crippen LogP contribution is 2.21. The van der Waals surface area contributed by atoms with Crippen LogP contribution < -0.4 is 0 Å². The molecule has 0 aliphatic carbocycles. The van der Waals surface area contributed by atoms with Gasteiger partial charge in [-0.2, -0.15) is 0 Å². The van der Waals surface area contributed by atoms with Crippen molar-refractivity contribution in [1.29, 1.82) is 0 Å². The Bertz CT molecular complexity index is 616. The lowest BCUT2D eigenvalue weighted by molar-refractivity contribution is 0.0733. The number of aromatic nitrogens is 1. The van der Waals surface area contributed by atoms with E-state index in [9.17, 15) is 4.79 Å². The average Bonchev–Trinajstić information content (AvgIpc) is 2.80. The minimum absolute atomic E-state index is 0.113. The predicted octanol–water partition coefficient (Wildman–Crippen LogP) is 2.99. The number of rotatable bonds is 1. The number of hydrogen-bond acceptors (Lipinski definition) is 1. The molecule has 2 aromatic rings. The molecule has 0 saturated carbocycles. The number of nitrogens with zero attached hydrogens (tertiary/aromatic N) is 2. The van der Waals surface area contributed by atoms with E-state index in [0.29, 0.717) is 6.54 Å². The monoisotopic (exact) mass is 318 g/mol. The lowest BCUT2D eigenvalue weighted by atomic mass is 10.1. The molecule has 1 aliphatic rings. The second-order valence-electron chi connectivity index (χ2n) is 4.88. The zero-order chi connectivity index (χ0) is 13.4. The van der Waals surface area contributed by atoms with Crippen LogP contribution in [0.2, 0.25) is 0 Å². The summed E-state index contributed by atoms with van der Waals surface area (Å²) in [5, 5.41) is 0. The van der Waals surface area contributed by atoms with E-state index >= 15 is 0 Å². The Kier molecular flexibility index (Phi) is 3.19. The third-order valence-corrected chi connectivity index (χ3v) is 4.18. The third kappa shape index (κ3) is 2.32. The zero-order valence-electron chi connectivity index (χ0n) is 10.8. The number of hydrogen-bond donors (Lipinski definition) is 0. The molecule has 4 heteroatoms. The van der Waals surface area contributed by atoms with Crippen molar-refractivity contribution in [3.8, 4) is 0 Å². The molecule has 0 radical (unpaired) electrons. The Morgan fingerprint density at radius 2 is 1.95 bits per heavy atom. The van der Waals surface area contributed by atoms with Gasteiger partial charge in [-0.05, 0) is 35.9 Å². The van der Waals surface area contributed by atoms with Crippen LogP contribution in [-0.2, 0) is 20.0 Å². The zero-order valence-corrected chi connectivity index (χ0v) is 12.4. The van der Waals surface area contributed by atoms with Gasteiger partial charge < -0.3 is 9.47 Å². The van der Waals surface area contributed by atoms with Crippen LogP contribution in [0.3, 0.4) is 0 Å². The van der Waals surface area contributed by atoms with Gasteiger partial charge in [0.15, 0.2) is 0 Å². The third-order valence-electron chi connectivity index (χ3n) is 3.65. The number of benzene rings is 1. The van der Waals surface area contributed by atoms with Crippen molar-refractivity contribution in [2.24, 2.45) is 7.05 Å². The second-order valence-corrected chi connectivity index (χ2v) is 5.80. The fourth-order valence-electron chi connectivity index (χ4n) is 2.57. The molecule has 0 fully saturated rings. The van der Waals surface area contributed by atoms with E-state index in [1.54, 1.807) is 0 Å². The first-order chi connectivity index (χ1) is 9.15. The van der Waals surface area contributed by atoms with Crippen molar-refractivity contribution >= 4 is 21.8 Å². The molecule has 0 spiro atoms. The quantitative estimate of drug-likeness (QED) is 0.793. The molecule has 0 unspecified atom stereocenters. The molecule has 19 heavy (non-hydrogen) atoms. The lowest BCUT2D eigenvalue weighted by Crippen LogP contribution is -2.36. The van der Waals surface area contributed by atoms with Crippen molar-refractivity contribution in [2.75, 3.05) is 6.54 Å². The molecule has 0 saturated heterocycles. The van der Waals surface area contributed by atoms with Crippen molar-refractivity contribution < 1.29 is 4.79 Å². The normalized spacial score (nSPS) is 14.3. The van der Waals surface area contributed by atoms with Crippen LogP contribution in [0.25, 0.3) is 0 Å². The number of carbonyl (C=O) groups is 1. The number of halogens is 1. The van der Waals surface area contributed by atoms with Gasteiger partial charge in [0, 0.05) is 48.5 Å². The number of fused-ring (bicyclic) bond motifs is 1. The summed E-state index contributed by atoms with van der Waals surface area (Å²) in [5.41, 5.74) is 3.36. The highest BCUT2D eigenvalue weighted by Gasteiger charge is 2.23. The fourth-order valence-corrected chi connectivity index (χ4v) is 2.83. The van der Waals surface area contributed by atoms with E-state index in [2.05, 4.69) is 39.8 Å². The van der Waals surface area contributed by atoms with Crippen LogP contribution >= 0.6 is 15.9 Å². The summed E-state index contributed by atoms with van der Waals surface area (Å²) in [4.78, 5) is 14.4. The Balaban J connectivity index is 1.81. The highest BCUT2D eigenvalue weighted by atomic mass is 79.9. The summed E-state index contributed by atoms with van der Waals surface area (Å²) in [6.45, 7) is 1.50. The molecular formula is C15H15BrN2O. The first kappa shape index (κ1) is 12.5. The lowest BCUT2D eigenvalue weighted by Gasteiger charge is -2.28. The first-order valence-electron chi connectivity index (χ1n) is 6.33. The topological polar surface area (TPSA) is 25.2 Å². The van der Waals surface area contributed by atoms with Gasteiger partial charge in [-0.1, -0.05) is 15.9 Å². The molecule has 0 atom stereocenters. The number of carbonyl (C=O) groups excluding carboxylic acids is 1. The standard InChI is InChI=1S/C15H15BrN2O/c1-17-8-6-12-10-18(9-7-14(12)17)15(19)11-2-4-13(16)5-3-11/h2-6,8H,7,9-10H2,1H3. The maximum Gasteiger partial charge on any atom is 0.254 e. The van der Waals surface area contributed by atoms with Gasteiger partial charge in [0.05, 0.1) is 0 Å². The van der Waals surface area contributed by atoms with Gasteiger partial charge in [-0.15, -0.1) is 0 Å². The van der Waals surface area contributed by atoms with E-state index < -0.39 is 0 Å². The maximum absolute atomic E-state index is 12.4. The molecule has 1 aliphatic heterocycles. The van der Waals surface area contributed by atoms with Crippen LogP contribution in [0, 0.1) is 0 Å². The number of amides is 1. The van der Waals surface area contributed by atoms with Crippen molar-refractivity contribution in [2.45, 2.75) is 13.0 Å². The Labute approximate surface area is 121 Å². The fraction of sp³-hybridized carbons (Fsp3) is 0.267. The molecule has 3 rings (SSSR count). The molecule has 3 nitrogen and oxygen atoms in total. The van der Waals surface area contributed by atoms with Crippen molar-refractivity contribution in [3.63, 3.8) is 0 Å². The van der Waals surface area contributed by atoms with Crippen LogP contribution in [0.1, 0.15) is 21.6 Å². The molecule has 0 N–H and O–H groups in total. The smallest absolute Gasteiger partial charge is 0.254 e. The first-order valence-corrected chi connectivity index (χ1v) is 7.12. The molecule has 0 bridgehead atoms. The predicted molar refractivity (Wildman–Crippen MR) is 78.0 cm³/mol. The van der Waals surface area contributed by atoms with E-state index in [1.165, 1.54) is 11.3 Å². The summed E-state index contributed by atoms with van der Waals surface area (Å²) in [7, 11) is 2.06. The average molecular weight is 319 g/mol. The summed E-state index contributed by atoms with van der Waals surface area (Å²) in [5.74, 6) is 0.113. The Hall–Kier alpha value is -1.55. The Morgan fingerprint density at radius 1 is 1.21 bits per heavy atom. The highest BCUT2D eigenvalue weighted by molar-refractivity contribution is 9.10. The maximum atomic E-state index is 12.4. The minimum atomic E-state index is 0.113. The summed E-state index contributed by atoms with van der Waals surface area (Å²) < 4.78 is 3.14. The van der Waals surface area contributed by atoms with Crippen LogP contribution in [-0.4, -0.2) is 21.9 Å². The van der Waals surface area contributed by atoms with E-state index in [4.69, 9.17) is 0 Å². The van der Waals surface area contributed by atoms with Crippen LogP contribution in [0.5, 0.6) is 0 Å². The summed E-state index contributed by atoms with van der Waals surface area (Å²) in [6.07, 6.45) is 3.00. The molecule has 1 aromatic heterocycles. The molecule has 1 amide bonds. The molecule has 2 heterocycles. The SMILES string of the molecule is Cn1ccc2c1CCN(C(=O)c1ccc(Br)cc1)C2. The number of aryl methyl sites for hydroxylation is 1. The van der Waals surface area contributed by atoms with Crippen molar-refractivity contribution in [3.05, 3.63) is 57.8 Å². The van der Waals surface area contributed by atoms with E-state index in [-0.39, 0.29) is 5.91 Å². The van der Waals surface area contributed by atoms with Gasteiger partial charge in [-0.3, -0.25) is 4.79 Å². The van der Waals surface area contributed by atoms with Gasteiger partial charge >= 0.3 is 0 Å². The Morgan fingerprint density at radius 3 is 2.68 bits per heavy atom. The summed E-state index contributed by atoms with van der Waals surface area (Å²) in [6, 6.07) is 9.66. The van der Waals surface area contributed by atoms with Gasteiger partial charge in [-0.25, -0.2) is 0 Å². The van der Waals surface area contributed by atoms with Crippen LogP contribution in [0.4, 0.5) is 0 Å². The van der Waals surface area contributed by atoms with Gasteiger partial charge in [0.25, 0.3) is 5.91 Å². The molecule has 98 valence electrons. The summed E-state index contributed by atoms with van der Waals surface area (Å²) >= 11 is 3.39. The van der Waals surface area contributed by atoms with E-state index in [0.717, 1.165) is 23.0 Å². The van der Waals surface area contributed by atoms with Gasteiger partial charge in [0.1, 0.15) is 0 Å². The van der Waals surface area contributed by atoms with E-state index in [1.807, 2.05) is 29.2 Å². The van der Waals surface area contributed by atoms with Crippen molar-refractivity contribution in [1.82, 2.24) is 9.47 Å². The van der Waals surface area contributed by atoms with Gasteiger partial charge in [0.2, 0.25) is 0 Å². The molecular weight excluding hydrogens is 304 g/mol.